The van der Waals surface area contributed by atoms with Crippen molar-refractivity contribution in [1.82, 2.24) is 19.7 Å². The second-order valence-electron chi connectivity index (χ2n) is 6.29. The van der Waals surface area contributed by atoms with Crippen molar-refractivity contribution in [3.63, 3.8) is 0 Å². The number of pyridine rings is 1. The Balaban J connectivity index is 2.01. The average molecular weight is 464 g/mol. The molecule has 0 aliphatic carbocycles. The number of aliphatic carboxylic acids is 1. The van der Waals surface area contributed by atoms with Gasteiger partial charge in [0, 0.05) is 0 Å². The van der Waals surface area contributed by atoms with Crippen molar-refractivity contribution in [3.05, 3.63) is 75.8 Å². The minimum Gasteiger partial charge on any atom is -0.506 e. The van der Waals surface area contributed by atoms with Gasteiger partial charge in [0.05, 0.1) is 34.7 Å². The molecule has 0 saturated carbocycles. The van der Waals surface area contributed by atoms with Crippen LogP contribution in [-0.4, -0.2) is 41.6 Å². The molecule has 0 aliphatic rings. The largest absolute Gasteiger partial charge is 0.506 e. The van der Waals surface area contributed by atoms with Crippen LogP contribution in [0.25, 0.3) is 5.76 Å². The van der Waals surface area contributed by atoms with E-state index in [4.69, 9.17) is 23.2 Å². The van der Waals surface area contributed by atoms with Crippen LogP contribution in [0.1, 0.15) is 24.5 Å². The van der Waals surface area contributed by atoms with Gasteiger partial charge in [-0.15, -0.1) is 0 Å². The number of carbonyl (C=O) groups is 1. The number of aliphatic hydroxyl groups is 1. The molecule has 0 aliphatic heterocycles. The van der Waals surface area contributed by atoms with Crippen molar-refractivity contribution in [2.24, 2.45) is 4.99 Å². The molecule has 0 unspecified atom stereocenters. The van der Waals surface area contributed by atoms with Crippen LogP contribution in [0.3, 0.4) is 0 Å². The highest BCUT2D eigenvalue weighted by Crippen LogP contribution is 2.31. The molecule has 3 rings (SSSR count). The van der Waals surface area contributed by atoms with E-state index in [1.165, 1.54) is 6.33 Å². The molecule has 11 heteroatoms. The van der Waals surface area contributed by atoms with Crippen LogP contribution < -0.4 is 0 Å². The summed E-state index contributed by atoms with van der Waals surface area (Å²) >= 11 is 11.6. The maximum atomic E-state index is 14.4. The Morgan fingerprint density at radius 3 is 2.52 bits per heavy atom. The molecule has 0 spiro atoms. The van der Waals surface area contributed by atoms with Crippen LogP contribution in [0.4, 0.5) is 10.1 Å². The Labute approximate surface area is 186 Å². The molecule has 2 aromatic heterocycles. The van der Waals surface area contributed by atoms with Crippen LogP contribution in [0, 0.1) is 5.82 Å². The van der Waals surface area contributed by atoms with E-state index in [1.54, 1.807) is 42.2 Å². The predicted octanol–water partition coefficient (Wildman–Crippen LogP) is 4.70. The second kappa shape index (κ2) is 9.67. The Morgan fingerprint density at radius 1 is 1.23 bits per heavy atom. The van der Waals surface area contributed by atoms with Crippen LogP contribution in [0.15, 0.2) is 53.7 Å². The quantitative estimate of drug-likeness (QED) is 0.227. The van der Waals surface area contributed by atoms with Crippen molar-refractivity contribution >= 4 is 46.3 Å². The zero-order valence-electron chi connectivity index (χ0n) is 16.1. The third-order valence-corrected chi connectivity index (χ3v) is 4.80. The summed E-state index contributed by atoms with van der Waals surface area (Å²) in [6.45, 7) is 2.16. The van der Waals surface area contributed by atoms with E-state index < -0.39 is 38.9 Å². The van der Waals surface area contributed by atoms with Gasteiger partial charge < -0.3 is 10.2 Å². The Kier molecular flexibility index (Phi) is 6.98. The smallest absolute Gasteiger partial charge is 0.341 e. The number of rotatable bonds is 7. The van der Waals surface area contributed by atoms with E-state index in [-0.39, 0.29) is 12.1 Å². The third-order valence-electron chi connectivity index (χ3n) is 4.25. The zero-order valence-corrected chi connectivity index (χ0v) is 17.6. The first-order valence-electron chi connectivity index (χ1n) is 8.97. The first-order chi connectivity index (χ1) is 14.8. The van der Waals surface area contributed by atoms with Gasteiger partial charge in [0.2, 0.25) is 0 Å². The Morgan fingerprint density at radius 2 is 1.94 bits per heavy atom. The number of aliphatic hydroxyl groups excluding tert-OH is 1. The van der Waals surface area contributed by atoms with E-state index in [9.17, 15) is 19.4 Å². The summed E-state index contributed by atoms with van der Waals surface area (Å²) in [5.41, 5.74) is 0.194. The lowest BCUT2D eigenvalue weighted by Crippen LogP contribution is -2.15. The van der Waals surface area contributed by atoms with Crippen LogP contribution >= 0.6 is 23.2 Å². The number of hydrogen-bond donors (Lipinski definition) is 2. The van der Waals surface area contributed by atoms with E-state index in [0.717, 1.165) is 11.8 Å². The molecule has 0 atom stereocenters. The summed E-state index contributed by atoms with van der Waals surface area (Å²) in [5.74, 6) is -3.49. The summed E-state index contributed by atoms with van der Waals surface area (Å²) in [7, 11) is 0. The molecule has 2 N–H and O–H groups in total. The van der Waals surface area contributed by atoms with Gasteiger partial charge in [0.25, 0.3) is 0 Å². The minimum atomic E-state index is -1.50. The number of hydrogen-bond acceptors (Lipinski definition) is 6. The highest BCUT2D eigenvalue weighted by atomic mass is 35.5. The number of aliphatic imine (C=N–C) groups is 1. The van der Waals surface area contributed by atoms with Gasteiger partial charge in [-0.05, 0) is 24.1 Å². The summed E-state index contributed by atoms with van der Waals surface area (Å²) in [4.78, 5) is 23.8. The number of nitrogens with zero attached hydrogens (tertiary/aromatic N) is 5. The molecule has 1 aromatic carbocycles. The van der Waals surface area contributed by atoms with Gasteiger partial charge in [-0.2, -0.15) is 5.10 Å². The molecule has 3 aromatic rings. The number of aromatic nitrogens is 4. The van der Waals surface area contributed by atoms with Gasteiger partial charge in [-0.1, -0.05) is 42.3 Å². The Hall–Kier alpha value is -3.30. The maximum absolute atomic E-state index is 14.4. The maximum Gasteiger partial charge on any atom is 0.341 e. The number of carboxylic acid groups (broad SMARTS) is 1. The van der Waals surface area contributed by atoms with Gasteiger partial charge in [0.15, 0.2) is 5.82 Å². The summed E-state index contributed by atoms with van der Waals surface area (Å²) < 4.78 is 16.1. The van der Waals surface area contributed by atoms with E-state index in [2.05, 4.69) is 20.1 Å². The minimum absolute atomic E-state index is 0.0180. The molecule has 8 nitrogen and oxygen atoms in total. The van der Waals surface area contributed by atoms with Gasteiger partial charge in [0.1, 0.15) is 29.1 Å². The second-order valence-corrected chi connectivity index (χ2v) is 7.05. The van der Waals surface area contributed by atoms with Crippen molar-refractivity contribution in [3.8, 4) is 0 Å². The summed E-state index contributed by atoms with van der Waals surface area (Å²) in [5, 5.41) is 23.5. The zero-order chi connectivity index (χ0) is 22.5. The van der Waals surface area contributed by atoms with Gasteiger partial charge in [-0.3, -0.25) is 4.99 Å². The van der Waals surface area contributed by atoms with E-state index >= 15 is 0 Å². The Bertz CT molecular complexity index is 1160. The lowest BCUT2D eigenvalue weighted by atomic mass is 10.0. The number of benzene rings is 1. The fraction of sp³-hybridized carbons (Fsp3) is 0.150. The molecule has 0 bridgehead atoms. The molecule has 0 radical (unpaired) electrons. The van der Waals surface area contributed by atoms with E-state index in [1.807, 2.05) is 0 Å². The van der Waals surface area contributed by atoms with Crippen LogP contribution in [0.5, 0.6) is 0 Å². The van der Waals surface area contributed by atoms with Crippen LogP contribution in [-0.2, 0) is 11.3 Å². The molecular weight excluding hydrogens is 448 g/mol. The molecule has 0 amide bonds. The highest BCUT2D eigenvalue weighted by molar-refractivity contribution is 6.34. The molecule has 2 heterocycles. The third kappa shape index (κ3) is 5.07. The first kappa shape index (κ1) is 22.4. The summed E-state index contributed by atoms with van der Waals surface area (Å²) in [6, 6.07) is 6.98. The van der Waals surface area contributed by atoms with Gasteiger partial charge in [-0.25, -0.2) is 23.8 Å². The normalized spacial score (nSPS) is 12.6. The lowest BCUT2D eigenvalue weighted by Gasteiger charge is -2.11. The van der Waals surface area contributed by atoms with Crippen LogP contribution in [0.2, 0.25) is 10.2 Å². The fourth-order valence-electron chi connectivity index (χ4n) is 2.78. The molecule has 0 saturated heterocycles. The number of carboxylic acids is 1. The number of halogens is 3. The highest BCUT2D eigenvalue weighted by Gasteiger charge is 2.26. The SMILES string of the molecule is CCC(=Nc1ccc(Cn2cncn2)cc1)C(C(=O)O)=C(O)c1c(Cl)ncc(Cl)c1F. The average Bonchev–Trinajstić information content (AvgIpc) is 3.24. The fourth-order valence-corrected chi connectivity index (χ4v) is 3.14. The topological polar surface area (TPSA) is 113 Å². The van der Waals surface area contributed by atoms with Crippen molar-refractivity contribution in [2.45, 2.75) is 19.9 Å². The van der Waals surface area contributed by atoms with E-state index in [0.29, 0.717) is 12.2 Å². The van der Waals surface area contributed by atoms with Crippen molar-refractivity contribution in [2.75, 3.05) is 0 Å². The molecule has 31 heavy (non-hydrogen) atoms. The molecule has 160 valence electrons. The van der Waals surface area contributed by atoms with Gasteiger partial charge >= 0.3 is 5.97 Å². The first-order valence-corrected chi connectivity index (χ1v) is 9.73. The van der Waals surface area contributed by atoms with Crippen molar-refractivity contribution in [1.29, 1.82) is 0 Å². The molecular formula is C20H16Cl2FN5O3. The molecule has 0 fully saturated rings. The van der Waals surface area contributed by atoms with Crippen molar-refractivity contribution < 1.29 is 19.4 Å². The lowest BCUT2D eigenvalue weighted by molar-refractivity contribution is -0.132. The standard InChI is InChI=1S/C20H16Cl2FN5O3/c1-2-14(27-12-5-3-11(4-6-12)8-28-10-24-9-26-28)15(20(30)31)18(29)16-17(23)13(21)7-25-19(16)22/h3-7,9-10,29H,2,8H2,1H3,(H,30,31). The summed E-state index contributed by atoms with van der Waals surface area (Å²) in [6.07, 6.45) is 4.12. The predicted molar refractivity (Wildman–Crippen MR) is 114 cm³/mol. The monoisotopic (exact) mass is 463 g/mol.